The van der Waals surface area contributed by atoms with Crippen molar-refractivity contribution in [3.05, 3.63) is 58.6 Å². The molecule has 0 aliphatic rings. The fraction of sp³-hybridized carbons (Fsp3) is 0.316. The number of aliphatic hydroxyl groups is 1. The molecule has 0 heterocycles. The number of hydrogen-bond donors (Lipinski definition) is 4. The molecular weight excluding hydrogens is 394 g/mol. The third-order valence-electron chi connectivity index (χ3n) is 3.84. The first kappa shape index (κ1) is 21.9. The maximum absolute atomic E-state index is 13.9. The number of hydrogen-bond acceptors (Lipinski definition) is 5. The largest absolute Gasteiger partial charge is 0.479 e. The van der Waals surface area contributed by atoms with Gasteiger partial charge in [-0.3, -0.25) is 0 Å². The quantitative estimate of drug-likeness (QED) is 0.477. The summed E-state index contributed by atoms with van der Waals surface area (Å²) in [6.07, 6.45) is -0.748. The van der Waals surface area contributed by atoms with Crippen LogP contribution in [0.3, 0.4) is 0 Å². The fourth-order valence-electron chi connectivity index (χ4n) is 2.42. The van der Waals surface area contributed by atoms with Crippen molar-refractivity contribution in [2.75, 3.05) is 25.0 Å². The third-order valence-corrected chi connectivity index (χ3v) is 4.08. The second kappa shape index (κ2) is 10.2. The molecule has 0 saturated carbocycles. The van der Waals surface area contributed by atoms with Crippen LogP contribution in [0.25, 0.3) is 0 Å². The Kier molecular flexibility index (Phi) is 7.98. The molecule has 0 aliphatic carbocycles. The van der Waals surface area contributed by atoms with E-state index in [1.165, 1.54) is 0 Å². The van der Waals surface area contributed by atoms with E-state index in [2.05, 4.69) is 15.4 Å². The molecule has 0 spiro atoms. The molecule has 0 aromatic heterocycles. The summed E-state index contributed by atoms with van der Waals surface area (Å²) in [6.45, 7) is 1.61. The number of carbonyl (C=O) groups is 1. The first-order valence-electron chi connectivity index (χ1n) is 8.50. The summed E-state index contributed by atoms with van der Waals surface area (Å²) in [5.41, 5.74) is 0.864. The minimum absolute atomic E-state index is 0.122. The molecule has 28 heavy (non-hydrogen) atoms. The molecule has 0 aliphatic heterocycles. The summed E-state index contributed by atoms with van der Waals surface area (Å²) in [5, 5.41) is 25.2. The highest BCUT2D eigenvalue weighted by atomic mass is 35.5. The Morgan fingerprint density at radius 1 is 1.21 bits per heavy atom. The Balaban J connectivity index is 1.85. The molecule has 0 fully saturated rings. The van der Waals surface area contributed by atoms with E-state index in [0.29, 0.717) is 17.1 Å². The second-order valence-corrected chi connectivity index (χ2v) is 6.65. The van der Waals surface area contributed by atoms with Gasteiger partial charge >= 0.3 is 5.97 Å². The Bertz CT molecular complexity index is 799. The summed E-state index contributed by atoms with van der Waals surface area (Å²) in [6, 6.07) is 8.83. The van der Waals surface area contributed by atoms with Gasteiger partial charge in [-0.05, 0) is 24.6 Å². The summed E-state index contributed by atoms with van der Waals surface area (Å²) < 4.78 is 32.4. The van der Waals surface area contributed by atoms with Crippen LogP contribution in [0, 0.1) is 11.6 Å². The zero-order chi connectivity index (χ0) is 20.7. The smallest absolute Gasteiger partial charge is 0.341 e. The van der Waals surface area contributed by atoms with Crippen molar-refractivity contribution in [1.29, 1.82) is 0 Å². The van der Waals surface area contributed by atoms with E-state index in [9.17, 15) is 18.7 Å². The topological polar surface area (TPSA) is 90.8 Å². The van der Waals surface area contributed by atoms with Crippen LogP contribution in [-0.2, 0) is 4.79 Å². The van der Waals surface area contributed by atoms with Gasteiger partial charge in [0.15, 0.2) is 24.0 Å². The minimum Gasteiger partial charge on any atom is -0.479 e. The standard InChI is InChI=1S/C19H21ClF2N2O4/c1-11(23-9-17(25)12-3-2-4-13(20)5-12)8-24-14-6-15(21)19(16(22)7-14)28-10-18(26)27/h2-7,11,17,23-25H,8-10H2,1H3,(H,26,27)/t11-,17+/m1/s1. The van der Waals surface area contributed by atoms with Crippen LogP contribution in [0.2, 0.25) is 5.02 Å². The zero-order valence-corrected chi connectivity index (χ0v) is 15.8. The lowest BCUT2D eigenvalue weighted by molar-refractivity contribution is -0.139. The average molecular weight is 415 g/mol. The van der Waals surface area contributed by atoms with Gasteiger partial charge in [0, 0.05) is 42.0 Å². The van der Waals surface area contributed by atoms with Crippen molar-refractivity contribution >= 4 is 23.3 Å². The molecule has 0 bridgehead atoms. The SMILES string of the molecule is C[C@H](CNc1cc(F)c(OCC(=O)O)c(F)c1)NC[C@H](O)c1cccc(Cl)c1. The zero-order valence-electron chi connectivity index (χ0n) is 15.1. The molecule has 6 nitrogen and oxygen atoms in total. The molecule has 0 radical (unpaired) electrons. The van der Waals surface area contributed by atoms with Gasteiger partial charge in [0.05, 0.1) is 6.10 Å². The Hall–Kier alpha value is -2.42. The lowest BCUT2D eigenvalue weighted by atomic mass is 10.1. The van der Waals surface area contributed by atoms with Gasteiger partial charge in [0.2, 0.25) is 0 Å². The molecule has 2 aromatic carbocycles. The average Bonchev–Trinajstić information content (AvgIpc) is 2.63. The summed E-state index contributed by atoms with van der Waals surface area (Å²) >= 11 is 5.90. The van der Waals surface area contributed by atoms with Crippen LogP contribution >= 0.6 is 11.6 Å². The van der Waals surface area contributed by atoms with Crippen molar-refractivity contribution in [3.63, 3.8) is 0 Å². The van der Waals surface area contributed by atoms with Gasteiger partial charge in [-0.1, -0.05) is 23.7 Å². The molecular formula is C19H21ClF2N2O4. The van der Waals surface area contributed by atoms with Gasteiger partial charge < -0.3 is 25.6 Å². The number of carboxylic acid groups (broad SMARTS) is 1. The molecule has 9 heteroatoms. The van der Waals surface area contributed by atoms with E-state index in [1.807, 2.05) is 6.92 Å². The van der Waals surface area contributed by atoms with Crippen molar-refractivity contribution in [1.82, 2.24) is 5.32 Å². The van der Waals surface area contributed by atoms with Gasteiger partial charge in [-0.15, -0.1) is 0 Å². The highest BCUT2D eigenvalue weighted by Crippen LogP contribution is 2.25. The van der Waals surface area contributed by atoms with Crippen LogP contribution in [0.15, 0.2) is 36.4 Å². The monoisotopic (exact) mass is 414 g/mol. The number of aliphatic carboxylic acids is 1. The molecule has 0 amide bonds. The van der Waals surface area contributed by atoms with Gasteiger partial charge in [-0.2, -0.15) is 0 Å². The first-order valence-corrected chi connectivity index (χ1v) is 8.88. The van der Waals surface area contributed by atoms with Crippen molar-refractivity contribution in [3.8, 4) is 5.75 Å². The normalized spacial score (nSPS) is 13.0. The summed E-state index contributed by atoms with van der Waals surface area (Å²) in [5.74, 6) is -4.06. The molecule has 2 aromatic rings. The van der Waals surface area contributed by atoms with Crippen molar-refractivity contribution in [2.24, 2.45) is 0 Å². The molecule has 0 saturated heterocycles. The minimum atomic E-state index is -1.33. The van der Waals surface area contributed by atoms with E-state index in [4.69, 9.17) is 16.7 Å². The summed E-state index contributed by atoms with van der Waals surface area (Å²) in [4.78, 5) is 10.4. The second-order valence-electron chi connectivity index (χ2n) is 6.21. The Morgan fingerprint density at radius 3 is 2.50 bits per heavy atom. The number of benzene rings is 2. The lowest BCUT2D eigenvalue weighted by Gasteiger charge is -2.19. The maximum Gasteiger partial charge on any atom is 0.341 e. The lowest BCUT2D eigenvalue weighted by Crippen LogP contribution is -2.35. The van der Waals surface area contributed by atoms with E-state index in [0.717, 1.165) is 12.1 Å². The van der Waals surface area contributed by atoms with Crippen LogP contribution in [0.4, 0.5) is 14.5 Å². The molecule has 2 atom stereocenters. The molecule has 2 rings (SSSR count). The Labute approximate surface area is 166 Å². The first-order chi connectivity index (χ1) is 13.3. The van der Waals surface area contributed by atoms with E-state index < -0.39 is 36.1 Å². The van der Waals surface area contributed by atoms with E-state index >= 15 is 0 Å². The van der Waals surface area contributed by atoms with Gasteiger partial charge in [0.1, 0.15) is 0 Å². The molecule has 0 unspecified atom stereocenters. The highest BCUT2D eigenvalue weighted by molar-refractivity contribution is 6.30. The fourth-order valence-corrected chi connectivity index (χ4v) is 2.62. The maximum atomic E-state index is 13.9. The van der Waals surface area contributed by atoms with Crippen molar-refractivity contribution < 1.29 is 28.5 Å². The molecule has 4 N–H and O–H groups in total. The van der Waals surface area contributed by atoms with Crippen LogP contribution < -0.4 is 15.4 Å². The number of rotatable bonds is 10. The van der Waals surface area contributed by atoms with E-state index in [-0.39, 0.29) is 18.3 Å². The van der Waals surface area contributed by atoms with Crippen LogP contribution in [0.1, 0.15) is 18.6 Å². The predicted octanol–water partition coefficient (Wildman–Crippen LogP) is 3.21. The number of anilines is 1. The third kappa shape index (κ3) is 6.63. The van der Waals surface area contributed by atoms with Gasteiger partial charge in [-0.25, -0.2) is 13.6 Å². The van der Waals surface area contributed by atoms with Crippen LogP contribution in [0.5, 0.6) is 5.75 Å². The number of carboxylic acids is 1. The summed E-state index contributed by atoms with van der Waals surface area (Å²) in [7, 11) is 0. The number of halogens is 3. The number of aliphatic hydroxyl groups excluding tert-OH is 1. The van der Waals surface area contributed by atoms with Gasteiger partial charge in [0.25, 0.3) is 0 Å². The predicted molar refractivity (Wildman–Crippen MR) is 102 cm³/mol. The van der Waals surface area contributed by atoms with Crippen molar-refractivity contribution in [2.45, 2.75) is 19.1 Å². The number of nitrogens with one attached hydrogen (secondary N) is 2. The Morgan fingerprint density at radius 2 is 1.89 bits per heavy atom. The molecule has 152 valence electrons. The highest BCUT2D eigenvalue weighted by Gasteiger charge is 2.15. The number of ether oxygens (including phenoxy) is 1. The van der Waals surface area contributed by atoms with Crippen LogP contribution in [-0.4, -0.2) is 41.9 Å². The van der Waals surface area contributed by atoms with E-state index in [1.54, 1.807) is 24.3 Å².